The van der Waals surface area contributed by atoms with Gasteiger partial charge in [0.05, 0.1) is 12.4 Å². The van der Waals surface area contributed by atoms with Crippen molar-refractivity contribution < 1.29 is 38.5 Å². The van der Waals surface area contributed by atoms with Crippen LogP contribution in [0.15, 0.2) is 151 Å². The molecule has 1 amide bonds. The third-order valence-electron chi connectivity index (χ3n) is 11.0. The molecule has 1 aromatic heterocycles. The second-order valence-corrected chi connectivity index (χ2v) is 17.1. The molecule has 2 saturated heterocycles. The number of aromatic nitrogens is 4. The fourth-order valence-corrected chi connectivity index (χ4v) is 10.7. The number of carbonyl (C=O) groups is 4. The normalized spacial score (nSPS) is 18.8. The van der Waals surface area contributed by atoms with E-state index in [0.29, 0.717) is 34.5 Å². The average Bonchev–Trinajstić information content (AvgIpc) is 3.84. The number of tetrazole rings is 1. The molecule has 0 aliphatic carbocycles. The Morgan fingerprint density at radius 3 is 1.74 bits per heavy atom. The van der Waals surface area contributed by atoms with E-state index < -0.39 is 58.1 Å². The van der Waals surface area contributed by atoms with Crippen LogP contribution in [0.1, 0.15) is 40.0 Å². The van der Waals surface area contributed by atoms with Crippen molar-refractivity contribution in [2.24, 2.45) is 11.3 Å². The van der Waals surface area contributed by atoms with Crippen molar-refractivity contribution in [1.29, 1.82) is 0 Å². The number of carboxylic acid groups (broad SMARTS) is 1. The van der Waals surface area contributed by atoms with Crippen molar-refractivity contribution in [3.8, 4) is 5.75 Å². The van der Waals surface area contributed by atoms with Gasteiger partial charge in [0.2, 0.25) is 11.1 Å². The van der Waals surface area contributed by atoms with Crippen LogP contribution < -0.4 is 10.1 Å². The van der Waals surface area contributed by atoms with Gasteiger partial charge >= 0.3 is 17.9 Å². The van der Waals surface area contributed by atoms with Crippen LogP contribution in [-0.2, 0) is 35.2 Å². The molecule has 2 fully saturated rings. The predicted molar refractivity (Wildman–Crippen MR) is 231 cm³/mol. The Morgan fingerprint density at radius 2 is 1.31 bits per heavy atom. The highest BCUT2D eigenvalue weighted by Crippen LogP contribution is 2.51. The van der Waals surface area contributed by atoms with Gasteiger partial charge < -0.3 is 24.2 Å². The number of nitrogens with one attached hydrogen (secondary N) is 2. The van der Waals surface area contributed by atoms with Gasteiger partial charge in [-0.3, -0.25) is 24.5 Å². The lowest BCUT2D eigenvalue weighted by molar-refractivity contribution is -0.170. The molecular weight excluding hydrogens is 829 g/mol. The summed E-state index contributed by atoms with van der Waals surface area (Å²) in [7, 11) is 1.59. The Hall–Kier alpha value is -6.49. The second-order valence-electron chi connectivity index (χ2n) is 14.8. The zero-order chi connectivity index (χ0) is 43.1. The van der Waals surface area contributed by atoms with Gasteiger partial charge in [-0.25, -0.2) is 5.10 Å². The van der Waals surface area contributed by atoms with E-state index in [1.54, 1.807) is 55.6 Å². The maximum Gasteiger partial charge on any atom is 0.322 e. The van der Waals surface area contributed by atoms with Crippen LogP contribution in [0.3, 0.4) is 0 Å². The molecule has 8 rings (SSSR count). The summed E-state index contributed by atoms with van der Waals surface area (Å²) in [6.07, 6.45) is -1.98. The monoisotopic (exact) mass is 870 g/mol. The summed E-state index contributed by atoms with van der Waals surface area (Å²) in [4.78, 5) is 59.8. The number of hydrogen-bond donors (Lipinski definition) is 3. The van der Waals surface area contributed by atoms with Crippen LogP contribution in [0.25, 0.3) is 0 Å². The number of fused-ring (bicyclic) bond motifs is 1. The number of thioether (sulfide) groups is 2. The van der Waals surface area contributed by atoms with E-state index in [0.717, 1.165) is 17.3 Å². The molecule has 3 N–H and O–H groups in total. The van der Waals surface area contributed by atoms with Crippen molar-refractivity contribution in [3.05, 3.63) is 173 Å². The predicted octanol–water partition coefficient (Wildman–Crippen LogP) is 6.10. The van der Waals surface area contributed by atoms with Crippen molar-refractivity contribution in [3.63, 3.8) is 0 Å². The van der Waals surface area contributed by atoms with Gasteiger partial charge in [0.15, 0.2) is 18.1 Å². The van der Waals surface area contributed by atoms with Gasteiger partial charge in [0.1, 0.15) is 22.6 Å². The Labute approximate surface area is 365 Å². The number of nitrogens with zero attached hydrogens (tertiary/aromatic N) is 4. The summed E-state index contributed by atoms with van der Waals surface area (Å²) >= 11 is 2.08. The maximum atomic E-state index is 15.2. The zero-order valence-corrected chi connectivity index (χ0v) is 35.0. The van der Waals surface area contributed by atoms with Crippen LogP contribution >= 0.6 is 23.5 Å². The van der Waals surface area contributed by atoms with E-state index >= 15 is 9.59 Å². The molecular formula is C46H42N6O8S2. The molecule has 16 heteroatoms. The average molecular weight is 871 g/mol. The Kier molecular flexibility index (Phi) is 13.0. The summed E-state index contributed by atoms with van der Waals surface area (Å²) in [5, 5.41) is 27.0. The van der Waals surface area contributed by atoms with Crippen molar-refractivity contribution >= 4 is 47.3 Å². The number of aliphatic carboxylic acids is 1. The highest BCUT2D eigenvalue weighted by atomic mass is 32.2. The fraction of sp³-hybridized carbons (Fsp3) is 0.239. The Morgan fingerprint density at radius 1 is 0.806 bits per heavy atom. The van der Waals surface area contributed by atoms with Crippen LogP contribution in [0, 0.1) is 11.3 Å². The molecule has 4 atom stereocenters. The number of hydrogen-bond acceptors (Lipinski definition) is 13. The number of methoxy groups -OCH3 is 1. The topological polar surface area (TPSA) is 186 Å². The number of ether oxygens (including phenoxy) is 3. The number of amides is 1. The van der Waals surface area contributed by atoms with Crippen LogP contribution in [0.5, 0.6) is 5.75 Å². The maximum absolute atomic E-state index is 15.2. The first-order valence-electron chi connectivity index (χ1n) is 19.8. The lowest BCUT2D eigenvalue weighted by Crippen LogP contribution is -2.74. The second kappa shape index (κ2) is 19.1. The fourth-order valence-electron chi connectivity index (χ4n) is 7.76. The highest BCUT2D eigenvalue weighted by molar-refractivity contribution is 8.01. The number of esters is 2. The SMILES string of the molecule is COc1ccc(CN[C@@H]2C(=O)N3CC(C(=O)O)(C(Sc4nnn[nH]4)C(C(=O)OC(c4ccccc4)c4ccccc4)C(=O)OC(c4ccccc4)c4ccccc4)CS[C@H]23)cc1. The van der Waals surface area contributed by atoms with E-state index in [1.807, 2.05) is 97.1 Å². The summed E-state index contributed by atoms with van der Waals surface area (Å²) in [6, 6.07) is 43.1. The van der Waals surface area contributed by atoms with Crippen LogP contribution in [0.2, 0.25) is 0 Å². The molecule has 14 nitrogen and oxygen atoms in total. The number of β-lactam (4-membered cyclic amide) rings is 1. The highest BCUT2D eigenvalue weighted by Gasteiger charge is 2.63. The lowest BCUT2D eigenvalue weighted by atomic mass is 9.77. The van der Waals surface area contributed by atoms with Crippen molar-refractivity contribution in [2.45, 2.75) is 40.6 Å². The number of rotatable bonds is 17. The van der Waals surface area contributed by atoms with Gasteiger partial charge in [0.25, 0.3) is 0 Å². The minimum absolute atomic E-state index is 0.0488. The number of carboxylic acids is 1. The molecule has 0 radical (unpaired) electrons. The van der Waals surface area contributed by atoms with Gasteiger partial charge in [-0.05, 0) is 50.4 Å². The van der Waals surface area contributed by atoms with E-state index in [9.17, 15) is 14.7 Å². The van der Waals surface area contributed by atoms with Gasteiger partial charge in [-0.1, -0.05) is 145 Å². The molecule has 0 bridgehead atoms. The number of carbonyl (C=O) groups excluding carboxylic acids is 3. The standard InChI is InChI=1S/C46H42N6O8S2/c1-58-34-24-22-29(23-25-34)26-47-36-40(53)52-27-46(44(56)57,28-61-41(36)52)39(62-45-48-50-51-49-45)35(42(54)59-37(30-14-6-2-7-15-30)31-16-8-3-9-17-31)43(55)60-38(32-18-10-4-11-19-32)33-20-12-5-13-21-33/h2-25,35-39,41,47H,26-28H2,1H3,(H,56,57)(H,48,49,50,51)/t36-,39?,41-,46?/m1/s1. The third-order valence-corrected chi connectivity index (χ3v) is 13.9. The first kappa shape index (κ1) is 42.2. The van der Waals surface area contributed by atoms with E-state index in [2.05, 4.69) is 25.9 Å². The summed E-state index contributed by atoms with van der Waals surface area (Å²) in [5.41, 5.74) is 1.50. The van der Waals surface area contributed by atoms with Crippen LogP contribution in [-0.4, -0.2) is 90.5 Å². The van der Waals surface area contributed by atoms with E-state index in [-0.39, 0.29) is 23.4 Å². The quantitative estimate of drug-likeness (QED) is 0.0414. The van der Waals surface area contributed by atoms with E-state index in [1.165, 1.54) is 16.7 Å². The number of aromatic amines is 1. The molecule has 0 saturated carbocycles. The molecule has 6 aromatic rings. The summed E-state index contributed by atoms with van der Waals surface area (Å²) < 4.78 is 18.0. The molecule has 0 spiro atoms. The molecule has 2 aliphatic heterocycles. The first-order valence-corrected chi connectivity index (χ1v) is 21.7. The van der Waals surface area contributed by atoms with Gasteiger partial charge in [-0.15, -0.1) is 16.9 Å². The molecule has 3 heterocycles. The minimum Gasteiger partial charge on any atom is -0.497 e. The van der Waals surface area contributed by atoms with Crippen LogP contribution in [0.4, 0.5) is 0 Å². The van der Waals surface area contributed by atoms with Crippen molar-refractivity contribution in [2.75, 3.05) is 19.4 Å². The minimum atomic E-state index is -1.93. The van der Waals surface area contributed by atoms with E-state index in [4.69, 9.17) is 14.2 Å². The lowest BCUT2D eigenvalue weighted by Gasteiger charge is -2.55. The molecule has 316 valence electrons. The summed E-state index contributed by atoms with van der Waals surface area (Å²) in [5.74, 6) is -4.96. The largest absolute Gasteiger partial charge is 0.497 e. The van der Waals surface area contributed by atoms with Gasteiger partial charge in [-0.2, -0.15) is 0 Å². The van der Waals surface area contributed by atoms with Gasteiger partial charge in [0, 0.05) is 18.8 Å². The Bertz CT molecular complexity index is 2280. The van der Waals surface area contributed by atoms with Crippen molar-refractivity contribution in [1.82, 2.24) is 30.8 Å². The Balaban J connectivity index is 1.18. The number of H-pyrrole nitrogens is 1. The smallest absolute Gasteiger partial charge is 0.322 e. The number of benzene rings is 5. The molecule has 2 aliphatic rings. The first-order chi connectivity index (χ1) is 30.3. The molecule has 2 unspecified atom stereocenters. The molecule has 62 heavy (non-hydrogen) atoms. The molecule has 5 aromatic carbocycles. The zero-order valence-electron chi connectivity index (χ0n) is 33.4. The third kappa shape index (κ3) is 8.93. The summed E-state index contributed by atoms with van der Waals surface area (Å²) in [6.45, 7) is 0.0670.